The summed E-state index contributed by atoms with van der Waals surface area (Å²) in [6, 6.07) is 10.6. The number of anilines is 1. The van der Waals surface area contributed by atoms with Gasteiger partial charge in [-0.15, -0.1) is 0 Å². The Morgan fingerprint density at radius 3 is 2.40 bits per heavy atom. The average molecular weight is 291 g/mol. The first-order valence-corrected chi connectivity index (χ1v) is 7.71. The van der Waals surface area contributed by atoms with Gasteiger partial charge in [-0.1, -0.05) is 12.1 Å². The van der Waals surface area contributed by atoms with E-state index in [0.29, 0.717) is 5.69 Å². The normalized spacial score (nSPS) is 12.9. The SMILES string of the molecule is CNC(C)c1ccc(NS(=O)(=O)c2cccnc2)cc1. The molecule has 5 nitrogen and oxygen atoms in total. The molecule has 0 radical (unpaired) electrons. The number of rotatable bonds is 5. The van der Waals surface area contributed by atoms with Gasteiger partial charge in [0.1, 0.15) is 4.90 Å². The van der Waals surface area contributed by atoms with Crippen LogP contribution >= 0.6 is 0 Å². The Bertz CT molecular complexity index is 655. The second kappa shape index (κ2) is 6.02. The molecule has 2 N–H and O–H groups in total. The molecule has 0 amide bonds. The van der Waals surface area contributed by atoms with Crippen molar-refractivity contribution in [3.63, 3.8) is 0 Å². The molecule has 2 aromatic rings. The van der Waals surface area contributed by atoms with Crippen molar-refractivity contribution in [1.29, 1.82) is 0 Å². The van der Waals surface area contributed by atoms with Gasteiger partial charge in [0.05, 0.1) is 0 Å². The van der Waals surface area contributed by atoms with Gasteiger partial charge in [0.2, 0.25) is 0 Å². The van der Waals surface area contributed by atoms with Crippen LogP contribution in [0.25, 0.3) is 0 Å². The number of nitrogens with zero attached hydrogens (tertiary/aromatic N) is 1. The highest BCUT2D eigenvalue weighted by Crippen LogP contribution is 2.18. The lowest BCUT2D eigenvalue weighted by atomic mass is 10.1. The number of nitrogens with one attached hydrogen (secondary N) is 2. The summed E-state index contributed by atoms with van der Waals surface area (Å²) in [5, 5.41) is 3.13. The van der Waals surface area contributed by atoms with Crippen LogP contribution in [0.5, 0.6) is 0 Å². The average Bonchev–Trinajstić information content (AvgIpc) is 2.48. The van der Waals surface area contributed by atoms with E-state index in [1.165, 1.54) is 18.5 Å². The molecule has 2 rings (SSSR count). The molecule has 1 atom stereocenters. The standard InChI is InChI=1S/C14H17N3O2S/c1-11(15-2)12-5-7-13(8-6-12)17-20(18,19)14-4-3-9-16-10-14/h3-11,15,17H,1-2H3. The molecule has 0 fully saturated rings. The molecule has 1 aromatic heterocycles. The summed E-state index contributed by atoms with van der Waals surface area (Å²) in [5.41, 5.74) is 1.62. The maximum absolute atomic E-state index is 12.1. The summed E-state index contributed by atoms with van der Waals surface area (Å²) in [4.78, 5) is 3.96. The smallest absolute Gasteiger partial charge is 0.263 e. The van der Waals surface area contributed by atoms with Crippen molar-refractivity contribution in [3.8, 4) is 0 Å². The molecule has 0 saturated heterocycles. The molecular formula is C14H17N3O2S. The van der Waals surface area contributed by atoms with Crippen LogP contribution in [-0.2, 0) is 10.0 Å². The lowest BCUT2D eigenvalue weighted by molar-refractivity contribution is 0.601. The van der Waals surface area contributed by atoms with Crippen LogP contribution in [0.1, 0.15) is 18.5 Å². The van der Waals surface area contributed by atoms with Crippen LogP contribution in [-0.4, -0.2) is 20.4 Å². The molecule has 106 valence electrons. The Morgan fingerprint density at radius 2 is 1.85 bits per heavy atom. The van der Waals surface area contributed by atoms with E-state index >= 15 is 0 Å². The van der Waals surface area contributed by atoms with Crippen molar-refractivity contribution in [2.24, 2.45) is 0 Å². The Morgan fingerprint density at radius 1 is 1.15 bits per heavy atom. The predicted octanol–water partition coefficient (Wildman–Crippen LogP) is 2.16. The quantitative estimate of drug-likeness (QED) is 0.885. The van der Waals surface area contributed by atoms with Crippen molar-refractivity contribution in [2.75, 3.05) is 11.8 Å². The van der Waals surface area contributed by atoms with Gasteiger partial charge in [-0.2, -0.15) is 0 Å². The molecule has 0 saturated carbocycles. The zero-order valence-electron chi connectivity index (χ0n) is 11.4. The zero-order valence-corrected chi connectivity index (χ0v) is 12.2. The summed E-state index contributed by atoms with van der Waals surface area (Å²) in [6.45, 7) is 2.04. The lowest BCUT2D eigenvalue weighted by Gasteiger charge is -2.12. The van der Waals surface area contributed by atoms with Gasteiger partial charge in [-0.05, 0) is 43.8 Å². The number of benzene rings is 1. The maximum Gasteiger partial charge on any atom is 0.263 e. The minimum absolute atomic E-state index is 0.146. The van der Waals surface area contributed by atoms with Gasteiger partial charge in [0, 0.05) is 24.1 Å². The number of hydrogen-bond donors (Lipinski definition) is 2. The van der Waals surface area contributed by atoms with Crippen molar-refractivity contribution in [3.05, 3.63) is 54.4 Å². The van der Waals surface area contributed by atoms with Crippen LogP contribution in [0.2, 0.25) is 0 Å². The van der Waals surface area contributed by atoms with Crippen LogP contribution in [0.15, 0.2) is 53.7 Å². The summed E-state index contributed by atoms with van der Waals surface area (Å²) in [7, 11) is -1.70. The molecular weight excluding hydrogens is 274 g/mol. The van der Waals surface area contributed by atoms with E-state index in [4.69, 9.17) is 0 Å². The summed E-state index contributed by atoms with van der Waals surface area (Å²) < 4.78 is 26.8. The highest BCUT2D eigenvalue weighted by Gasteiger charge is 2.14. The number of hydrogen-bond acceptors (Lipinski definition) is 4. The van der Waals surface area contributed by atoms with Gasteiger partial charge in [0.25, 0.3) is 10.0 Å². The highest BCUT2D eigenvalue weighted by atomic mass is 32.2. The molecule has 0 aliphatic heterocycles. The fraction of sp³-hybridized carbons (Fsp3) is 0.214. The van der Waals surface area contributed by atoms with E-state index in [1.54, 1.807) is 18.2 Å². The van der Waals surface area contributed by atoms with E-state index in [-0.39, 0.29) is 10.9 Å². The molecule has 0 spiro atoms. The maximum atomic E-state index is 12.1. The Kier molecular flexibility index (Phi) is 4.36. The van der Waals surface area contributed by atoms with E-state index < -0.39 is 10.0 Å². The molecule has 1 aromatic carbocycles. The van der Waals surface area contributed by atoms with Gasteiger partial charge in [-0.25, -0.2) is 8.42 Å². The van der Waals surface area contributed by atoms with Crippen molar-refractivity contribution in [1.82, 2.24) is 10.3 Å². The van der Waals surface area contributed by atoms with E-state index in [1.807, 2.05) is 26.1 Å². The van der Waals surface area contributed by atoms with E-state index in [9.17, 15) is 8.42 Å². The lowest BCUT2D eigenvalue weighted by Crippen LogP contribution is -2.14. The van der Waals surface area contributed by atoms with Gasteiger partial charge < -0.3 is 5.32 Å². The minimum atomic E-state index is -3.58. The second-order valence-electron chi connectivity index (χ2n) is 4.43. The largest absolute Gasteiger partial charge is 0.313 e. The summed E-state index contributed by atoms with van der Waals surface area (Å²) in [5.74, 6) is 0. The third-order valence-electron chi connectivity index (χ3n) is 3.04. The third kappa shape index (κ3) is 3.34. The zero-order chi connectivity index (χ0) is 14.6. The van der Waals surface area contributed by atoms with E-state index in [0.717, 1.165) is 5.56 Å². The predicted molar refractivity (Wildman–Crippen MR) is 79.0 cm³/mol. The third-order valence-corrected chi connectivity index (χ3v) is 4.41. The first-order chi connectivity index (χ1) is 9.53. The van der Waals surface area contributed by atoms with Gasteiger partial charge in [0.15, 0.2) is 0 Å². The van der Waals surface area contributed by atoms with Gasteiger partial charge in [-0.3, -0.25) is 9.71 Å². The molecule has 1 heterocycles. The first kappa shape index (κ1) is 14.5. The number of sulfonamides is 1. The van der Waals surface area contributed by atoms with Gasteiger partial charge >= 0.3 is 0 Å². The van der Waals surface area contributed by atoms with Crippen LogP contribution in [0.3, 0.4) is 0 Å². The molecule has 1 unspecified atom stereocenters. The van der Waals surface area contributed by atoms with Crippen molar-refractivity contribution < 1.29 is 8.42 Å². The van der Waals surface area contributed by atoms with Crippen LogP contribution in [0.4, 0.5) is 5.69 Å². The molecule has 20 heavy (non-hydrogen) atoms. The topological polar surface area (TPSA) is 71.1 Å². The van der Waals surface area contributed by atoms with Crippen LogP contribution < -0.4 is 10.0 Å². The molecule has 0 bridgehead atoms. The summed E-state index contributed by atoms with van der Waals surface area (Å²) >= 11 is 0. The fourth-order valence-corrected chi connectivity index (χ4v) is 2.75. The Hall–Kier alpha value is -1.92. The highest BCUT2D eigenvalue weighted by molar-refractivity contribution is 7.92. The second-order valence-corrected chi connectivity index (χ2v) is 6.11. The molecule has 6 heteroatoms. The minimum Gasteiger partial charge on any atom is -0.313 e. The van der Waals surface area contributed by atoms with Crippen molar-refractivity contribution >= 4 is 15.7 Å². The van der Waals surface area contributed by atoms with Crippen LogP contribution in [0, 0.1) is 0 Å². The van der Waals surface area contributed by atoms with Crippen molar-refractivity contribution in [2.45, 2.75) is 17.9 Å². The number of pyridine rings is 1. The first-order valence-electron chi connectivity index (χ1n) is 6.23. The van der Waals surface area contributed by atoms with E-state index in [2.05, 4.69) is 15.0 Å². The summed E-state index contributed by atoms with van der Waals surface area (Å²) in [6.07, 6.45) is 2.85. The molecule has 0 aliphatic rings. The number of aromatic nitrogens is 1. The Balaban J connectivity index is 2.18. The fourth-order valence-electron chi connectivity index (χ4n) is 1.73. The molecule has 0 aliphatic carbocycles. The monoisotopic (exact) mass is 291 g/mol. The Labute approximate surface area is 119 Å².